The van der Waals surface area contributed by atoms with Crippen LogP contribution in [-0.4, -0.2) is 0 Å². The Bertz CT molecular complexity index is 3590. The van der Waals surface area contributed by atoms with Gasteiger partial charge in [-0.25, -0.2) is 0 Å². The van der Waals surface area contributed by atoms with E-state index in [9.17, 15) is 0 Å². The molecule has 3 heteroatoms. The minimum absolute atomic E-state index is 0.891. The fourth-order valence-electron chi connectivity index (χ4n) is 9.09. The van der Waals surface area contributed by atoms with Crippen molar-refractivity contribution in [3.8, 4) is 55.6 Å². The molecule has 0 amide bonds. The molecule has 296 valence electrons. The number of benzene rings is 10. The van der Waals surface area contributed by atoms with Gasteiger partial charge in [0.15, 0.2) is 0 Å². The van der Waals surface area contributed by atoms with Crippen molar-refractivity contribution < 1.29 is 4.42 Å². The van der Waals surface area contributed by atoms with Crippen LogP contribution < -0.4 is 4.90 Å². The van der Waals surface area contributed by atoms with Crippen LogP contribution in [0.2, 0.25) is 0 Å². The van der Waals surface area contributed by atoms with E-state index in [2.05, 4.69) is 235 Å². The molecule has 0 N–H and O–H groups in total. The van der Waals surface area contributed by atoms with E-state index in [4.69, 9.17) is 4.42 Å². The maximum atomic E-state index is 6.50. The van der Waals surface area contributed by atoms with E-state index in [1.807, 2.05) is 17.4 Å². The van der Waals surface area contributed by atoms with Gasteiger partial charge in [0.05, 0.1) is 0 Å². The standard InChI is InChI=1S/C60H39NOS/c1-3-11-40(12-4-1)45-15-9-16-46(37-45)41-21-29-49(30-22-41)61(51-33-25-43(26-34-51)48-28-36-59-56(39-48)53-17-7-8-20-58(53)63-59)50-31-23-42(24-32-50)47-27-35-57-55(38-47)54-19-10-18-52(60(54)62-57)44-13-5-2-6-14-44/h1-39H. The summed E-state index contributed by atoms with van der Waals surface area (Å²) in [7, 11) is 0. The molecule has 2 aromatic heterocycles. The van der Waals surface area contributed by atoms with Crippen molar-refractivity contribution in [1.29, 1.82) is 0 Å². The van der Waals surface area contributed by atoms with Crippen molar-refractivity contribution in [2.45, 2.75) is 0 Å². The first-order valence-corrected chi connectivity index (χ1v) is 22.2. The average Bonchev–Trinajstić information content (AvgIpc) is 3.93. The first-order chi connectivity index (χ1) is 31.2. The Kier molecular flexibility index (Phi) is 9.06. The average molecular weight is 822 g/mol. The number of anilines is 3. The zero-order valence-corrected chi connectivity index (χ0v) is 35.1. The monoisotopic (exact) mass is 821 g/mol. The van der Waals surface area contributed by atoms with Crippen molar-refractivity contribution in [2.24, 2.45) is 0 Å². The Balaban J connectivity index is 0.906. The van der Waals surface area contributed by atoms with Crippen LogP contribution in [0.15, 0.2) is 241 Å². The Morgan fingerprint density at radius 3 is 1.37 bits per heavy atom. The van der Waals surface area contributed by atoms with Gasteiger partial charge in [-0.05, 0) is 123 Å². The van der Waals surface area contributed by atoms with Crippen molar-refractivity contribution >= 4 is 70.5 Å². The molecule has 2 heterocycles. The minimum Gasteiger partial charge on any atom is -0.455 e. The zero-order valence-electron chi connectivity index (χ0n) is 34.3. The van der Waals surface area contributed by atoms with Crippen LogP contribution in [0.4, 0.5) is 17.1 Å². The first kappa shape index (κ1) is 36.8. The van der Waals surface area contributed by atoms with Crippen LogP contribution in [-0.2, 0) is 0 Å². The summed E-state index contributed by atoms with van der Waals surface area (Å²) in [5, 5.41) is 4.87. The van der Waals surface area contributed by atoms with Gasteiger partial charge in [0, 0.05) is 53.6 Å². The molecule has 0 fully saturated rings. The SMILES string of the molecule is c1ccc(-c2cccc(-c3ccc(N(c4ccc(-c5ccc6oc7c(-c8ccccc8)cccc7c6c5)cc4)c4ccc(-c5ccc6sc7ccccc7c6c5)cc4)cc3)c2)cc1. The van der Waals surface area contributed by atoms with Gasteiger partial charge in [-0.3, -0.25) is 0 Å². The number of fused-ring (bicyclic) bond motifs is 6. The van der Waals surface area contributed by atoms with E-state index in [-0.39, 0.29) is 0 Å². The highest BCUT2D eigenvalue weighted by molar-refractivity contribution is 7.25. The molecule has 0 bridgehead atoms. The molecule has 12 rings (SSSR count). The van der Waals surface area contributed by atoms with Crippen LogP contribution in [0.25, 0.3) is 97.7 Å². The summed E-state index contributed by atoms with van der Waals surface area (Å²) in [6.07, 6.45) is 0. The maximum absolute atomic E-state index is 6.50. The molecule has 12 aromatic rings. The summed E-state index contributed by atoms with van der Waals surface area (Å²) in [6.45, 7) is 0. The Morgan fingerprint density at radius 2 is 0.730 bits per heavy atom. The zero-order chi connectivity index (χ0) is 41.7. The highest BCUT2D eigenvalue weighted by Gasteiger charge is 2.17. The maximum Gasteiger partial charge on any atom is 0.143 e. The Hall–Kier alpha value is -7.98. The molecule has 0 atom stereocenters. The summed E-state index contributed by atoms with van der Waals surface area (Å²) in [6, 6.07) is 85.3. The Morgan fingerprint density at radius 1 is 0.286 bits per heavy atom. The first-order valence-electron chi connectivity index (χ1n) is 21.4. The van der Waals surface area contributed by atoms with E-state index in [1.54, 1.807) is 0 Å². The van der Waals surface area contributed by atoms with Crippen molar-refractivity contribution in [3.63, 3.8) is 0 Å². The van der Waals surface area contributed by atoms with Crippen LogP contribution in [0.5, 0.6) is 0 Å². The number of rotatable bonds is 8. The molecular weight excluding hydrogens is 783 g/mol. The summed E-state index contributed by atoms with van der Waals surface area (Å²) in [5.74, 6) is 0. The van der Waals surface area contributed by atoms with E-state index < -0.39 is 0 Å². The van der Waals surface area contributed by atoms with Gasteiger partial charge in [0.25, 0.3) is 0 Å². The molecule has 0 aliphatic heterocycles. The quantitative estimate of drug-likeness (QED) is 0.152. The van der Waals surface area contributed by atoms with Gasteiger partial charge in [-0.1, -0.05) is 164 Å². The molecule has 0 spiro atoms. The lowest BCUT2D eigenvalue weighted by Gasteiger charge is -2.26. The summed E-state index contributed by atoms with van der Waals surface area (Å²) in [5.41, 5.74) is 16.8. The Labute approximate surface area is 370 Å². The molecular formula is C60H39NOS. The predicted molar refractivity (Wildman–Crippen MR) is 268 cm³/mol. The van der Waals surface area contributed by atoms with E-state index >= 15 is 0 Å². The normalized spacial score (nSPS) is 11.5. The topological polar surface area (TPSA) is 16.4 Å². The fourth-order valence-corrected chi connectivity index (χ4v) is 10.2. The molecule has 0 saturated carbocycles. The van der Waals surface area contributed by atoms with E-state index in [1.165, 1.54) is 53.6 Å². The molecule has 0 radical (unpaired) electrons. The number of furan rings is 1. The second kappa shape index (κ2) is 15.5. The highest BCUT2D eigenvalue weighted by atomic mass is 32.1. The molecule has 2 nitrogen and oxygen atoms in total. The predicted octanol–water partition coefficient (Wildman–Crippen LogP) is 17.8. The minimum atomic E-state index is 0.891. The third-order valence-corrected chi connectivity index (χ3v) is 13.5. The number of hydrogen-bond donors (Lipinski definition) is 0. The van der Waals surface area contributed by atoms with Crippen molar-refractivity contribution in [1.82, 2.24) is 0 Å². The number of para-hydroxylation sites is 1. The number of thiophene rings is 1. The van der Waals surface area contributed by atoms with Crippen molar-refractivity contribution in [3.05, 3.63) is 237 Å². The van der Waals surface area contributed by atoms with E-state index in [0.29, 0.717) is 0 Å². The van der Waals surface area contributed by atoms with Gasteiger partial charge >= 0.3 is 0 Å². The third kappa shape index (κ3) is 6.76. The lowest BCUT2D eigenvalue weighted by molar-refractivity contribution is 0.670. The fraction of sp³-hybridized carbons (Fsp3) is 0. The summed E-state index contributed by atoms with van der Waals surface area (Å²) < 4.78 is 9.14. The number of nitrogens with zero attached hydrogens (tertiary/aromatic N) is 1. The lowest BCUT2D eigenvalue weighted by atomic mass is 9.98. The smallest absolute Gasteiger partial charge is 0.143 e. The molecule has 0 unspecified atom stereocenters. The van der Waals surface area contributed by atoms with Gasteiger partial charge in [-0.2, -0.15) is 0 Å². The molecule has 10 aromatic carbocycles. The summed E-state index contributed by atoms with van der Waals surface area (Å²) in [4.78, 5) is 2.35. The van der Waals surface area contributed by atoms with Crippen LogP contribution in [0.3, 0.4) is 0 Å². The summed E-state index contributed by atoms with van der Waals surface area (Å²) >= 11 is 1.86. The van der Waals surface area contributed by atoms with Gasteiger partial charge in [-0.15, -0.1) is 11.3 Å². The second-order valence-corrected chi connectivity index (χ2v) is 17.2. The lowest BCUT2D eigenvalue weighted by Crippen LogP contribution is -2.09. The highest BCUT2D eigenvalue weighted by Crippen LogP contribution is 2.42. The van der Waals surface area contributed by atoms with Crippen LogP contribution in [0, 0.1) is 0 Å². The third-order valence-electron chi connectivity index (χ3n) is 12.3. The van der Waals surface area contributed by atoms with Gasteiger partial charge in [0.2, 0.25) is 0 Å². The molecule has 0 aliphatic carbocycles. The second-order valence-electron chi connectivity index (χ2n) is 16.1. The number of hydrogen-bond acceptors (Lipinski definition) is 3. The van der Waals surface area contributed by atoms with E-state index in [0.717, 1.165) is 61.3 Å². The van der Waals surface area contributed by atoms with Gasteiger partial charge in [0.1, 0.15) is 11.2 Å². The molecule has 0 saturated heterocycles. The molecule has 0 aliphatic rings. The molecule has 63 heavy (non-hydrogen) atoms. The van der Waals surface area contributed by atoms with Gasteiger partial charge < -0.3 is 9.32 Å². The van der Waals surface area contributed by atoms with Crippen LogP contribution >= 0.6 is 11.3 Å². The van der Waals surface area contributed by atoms with Crippen molar-refractivity contribution in [2.75, 3.05) is 4.90 Å². The largest absolute Gasteiger partial charge is 0.455 e. The van der Waals surface area contributed by atoms with Crippen LogP contribution in [0.1, 0.15) is 0 Å².